The van der Waals surface area contributed by atoms with E-state index in [1.54, 1.807) is 0 Å². The molecule has 1 aliphatic carbocycles. The molecule has 0 aromatic heterocycles. The summed E-state index contributed by atoms with van der Waals surface area (Å²) in [5.41, 5.74) is -0.345. The first-order valence-corrected chi connectivity index (χ1v) is 12.7. The van der Waals surface area contributed by atoms with Gasteiger partial charge < -0.3 is 9.47 Å². The van der Waals surface area contributed by atoms with Crippen molar-refractivity contribution in [1.29, 1.82) is 0 Å². The number of unbranched alkanes of at least 4 members (excludes halogenated alkanes) is 2. The van der Waals surface area contributed by atoms with Crippen LogP contribution in [0.3, 0.4) is 0 Å². The van der Waals surface area contributed by atoms with E-state index in [0.717, 1.165) is 32.1 Å². The summed E-state index contributed by atoms with van der Waals surface area (Å²) in [6.45, 7) is 13.6. The lowest BCUT2D eigenvalue weighted by atomic mass is 9.58. The van der Waals surface area contributed by atoms with Crippen LogP contribution in [0.4, 0.5) is 8.78 Å². The summed E-state index contributed by atoms with van der Waals surface area (Å²) in [6, 6.07) is 0. The van der Waals surface area contributed by atoms with Crippen LogP contribution in [-0.2, 0) is 9.47 Å². The van der Waals surface area contributed by atoms with Crippen LogP contribution in [-0.4, -0.2) is 31.3 Å². The summed E-state index contributed by atoms with van der Waals surface area (Å²) in [4.78, 5) is -2.83. The van der Waals surface area contributed by atoms with Crippen molar-refractivity contribution in [1.82, 2.24) is 0 Å². The van der Waals surface area contributed by atoms with Gasteiger partial charge in [0, 0.05) is 25.0 Å². The zero-order chi connectivity index (χ0) is 21.9. The Morgan fingerprint density at radius 1 is 0.966 bits per heavy atom. The Morgan fingerprint density at radius 2 is 1.52 bits per heavy atom. The molecule has 29 heavy (non-hydrogen) atoms. The largest absolute Gasteiger partial charge is 0.381 e. The van der Waals surface area contributed by atoms with Crippen LogP contribution in [0.5, 0.6) is 0 Å². The molecule has 174 valence electrons. The van der Waals surface area contributed by atoms with Gasteiger partial charge in [-0.1, -0.05) is 53.9 Å². The first-order valence-electron chi connectivity index (χ1n) is 11.9. The maximum absolute atomic E-state index is 13.9. The zero-order valence-electron chi connectivity index (χ0n) is 19.5. The Kier molecular flexibility index (Phi) is 12.8. The highest BCUT2D eigenvalue weighted by molar-refractivity contribution is 9.09. The molecule has 1 fully saturated rings. The molecule has 1 aliphatic rings. The van der Waals surface area contributed by atoms with Crippen LogP contribution < -0.4 is 0 Å². The monoisotopic (exact) mass is 482 g/mol. The van der Waals surface area contributed by atoms with Crippen molar-refractivity contribution in [2.24, 2.45) is 29.1 Å². The third-order valence-electron chi connectivity index (χ3n) is 6.78. The average Bonchev–Trinajstić information content (AvgIpc) is 2.65. The SMILES string of the molecule is CCCCOCC(CCC(F)(F)Br)(COCCCC)C1CC(C)CCC1C(C)C. The summed E-state index contributed by atoms with van der Waals surface area (Å²) in [5.74, 6) is 2.08. The van der Waals surface area contributed by atoms with E-state index < -0.39 is 4.83 Å². The van der Waals surface area contributed by atoms with Gasteiger partial charge in [-0.15, -0.1) is 0 Å². The Labute approximate surface area is 187 Å². The lowest BCUT2D eigenvalue weighted by molar-refractivity contribution is -0.104. The van der Waals surface area contributed by atoms with E-state index in [0.29, 0.717) is 56.5 Å². The van der Waals surface area contributed by atoms with Crippen molar-refractivity contribution < 1.29 is 18.3 Å². The Bertz CT molecular complexity index is 414. The van der Waals surface area contributed by atoms with E-state index in [1.807, 2.05) is 0 Å². The van der Waals surface area contributed by atoms with Crippen LogP contribution in [0.15, 0.2) is 0 Å². The number of rotatable bonds is 15. The summed E-state index contributed by atoms with van der Waals surface area (Å²) in [5, 5.41) is 0. The molecule has 1 saturated carbocycles. The molecular weight excluding hydrogens is 438 g/mol. The predicted octanol–water partition coefficient (Wildman–Crippen LogP) is 8.08. The van der Waals surface area contributed by atoms with Gasteiger partial charge in [0.15, 0.2) is 0 Å². The minimum Gasteiger partial charge on any atom is -0.381 e. The van der Waals surface area contributed by atoms with Gasteiger partial charge in [0.1, 0.15) is 0 Å². The number of ether oxygens (including phenoxy) is 2. The normalized spacial score (nSPS) is 23.7. The molecule has 3 unspecified atom stereocenters. The third-order valence-corrected chi connectivity index (χ3v) is 7.18. The highest BCUT2D eigenvalue weighted by atomic mass is 79.9. The maximum atomic E-state index is 13.9. The molecule has 0 aromatic rings. The second-order valence-electron chi connectivity index (χ2n) is 9.72. The minimum absolute atomic E-state index is 0.170. The molecule has 0 N–H and O–H groups in total. The van der Waals surface area contributed by atoms with Crippen molar-refractivity contribution >= 4 is 15.9 Å². The van der Waals surface area contributed by atoms with Gasteiger partial charge in [-0.3, -0.25) is 0 Å². The molecule has 0 radical (unpaired) electrons. The van der Waals surface area contributed by atoms with E-state index in [1.165, 1.54) is 12.8 Å². The smallest absolute Gasteiger partial charge is 0.301 e. The molecule has 0 amide bonds. The van der Waals surface area contributed by atoms with Gasteiger partial charge in [0.2, 0.25) is 0 Å². The van der Waals surface area contributed by atoms with E-state index in [4.69, 9.17) is 9.47 Å². The fourth-order valence-electron chi connectivity index (χ4n) is 4.93. The lowest BCUT2D eigenvalue weighted by Gasteiger charge is -2.49. The minimum atomic E-state index is -2.83. The van der Waals surface area contributed by atoms with Crippen LogP contribution >= 0.6 is 15.9 Å². The molecule has 0 saturated heterocycles. The van der Waals surface area contributed by atoms with Gasteiger partial charge >= 0.3 is 4.83 Å². The summed E-state index contributed by atoms with van der Waals surface area (Å²) < 4.78 is 40.0. The lowest BCUT2D eigenvalue weighted by Crippen LogP contribution is -2.47. The van der Waals surface area contributed by atoms with E-state index in [-0.39, 0.29) is 11.8 Å². The van der Waals surface area contributed by atoms with Gasteiger partial charge in [0.25, 0.3) is 0 Å². The highest BCUT2D eigenvalue weighted by Crippen LogP contribution is 2.51. The van der Waals surface area contributed by atoms with Crippen molar-refractivity contribution in [3.8, 4) is 0 Å². The van der Waals surface area contributed by atoms with Crippen LogP contribution in [0.1, 0.15) is 92.4 Å². The average molecular weight is 484 g/mol. The fourth-order valence-corrected chi connectivity index (χ4v) is 5.12. The van der Waals surface area contributed by atoms with Gasteiger partial charge in [-0.2, -0.15) is 8.78 Å². The standard InChI is InChI=1S/C24H45BrF2O2/c1-6-8-14-28-17-23(12-13-24(25,26)27,18-29-15-9-7-2)22-16-20(5)10-11-21(22)19(3)4/h19-22H,6-18H2,1-5H3. The van der Waals surface area contributed by atoms with Gasteiger partial charge in [0.05, 0.1) is 13.2 Å². The fraction of sp³-hybridized carbons (Fsp3) is 1.00. The predicted molar refractivity (Wildman–Crippen MR) is 122 cm³/mol. The van der Waals surface area contributed by atoms with Gasteiger partial charge in [-0.05, 0) is 71.7 Å². The molecule has 0 aromatic carbocycles. The number of halogens is 3. The summed E-state index contributed by atoms with van der Waals surface area (Å²) in [7, 11) is 0. The highest BCUT2D eigenvalue weighted by Gasteiger charge is 2.47. The number of hydrogen-bond acceptors (Lipinski definition) is 2. The van der Waals surface area contributed by atoms with E-state index in [2.05, 4.69) is 50.5 Å². The second-order valence-corrected chi connectivity index (χ2v) is 10.9. The summed E-state index contributed by atoms with van der Waals surface area (Å²) in [6.07, 6.45) is 7.94. The molecule has 5 heteroatoms. The molecule has 0 aliphatic heterocycles. The first kappa shape index (κ1) is 27.3. The molecular formula is C24H45BrF2O2. The van der Waals surface area contributed by atoms with Crippen LogP contribution in [0, 0.1) is 29.1 Å². The summed E-state index contributed by atoms with van der Waals surface area (Å²) >= 11 is 2.58. The second kappa shape index (κ2) is 13.6. The number of alkyl halides is 3. The van der Waals surface area contributed by atoms with Crippen LogP contribution in [0.2, 0.25) is 0 Å². The molecule has 0 heterocycles. The Hall–Kier alpha value is 0.260. The molecule has 1 rings (SSSR count). The Balaban J connectivity index is 3.14. The number of hydrogen-bond donors (Lipinski definition) is 0. The topological polar surface area (TPSA) is 18.5 Å². The van der Waals surface area contributed by atoms with Crippen LogP contribution in [0.25, 0.3) is 0 Å². The Morgan fingerprint density at radius 3 is 1.97 bits per heavy atom. The van der Waals surface area contributed by atoms with Crippen molar-refractivity contribution in [3.05, 3.63) is 0 Å². The van der Waals surface area contributed by atoms with E-state index >= 15 is 0 Å². The van der Waals surface area contributed by atoms with Gasteiger partial charge in [-0.25, -0.2) is 0 Å². The quantitative estimate of drug-likeness (QED) is 0.173. The van der Waals surface area contributed by atoms with Crippen molar-refractivity contribution in [2.75, 3.05) is 26.4 Å². The first-order chi connectivity index (χ1) is 13.6. The molecule has 0 spiro atoms. The maximum Gasteiger partial charge on any atom is 0.301 e. The zero-order valence-corrected chi connectivity index (χ0v) is 21.0. The van der Waals surface area contributed by atoms with E-state index in [9.17, 15) is 8.78 Å². The third kappa shape index (κ3) is 9.95. The molecule has 3 atom stereocenters. The van der Waals surface area contributed by atoms with Crippen molar-refractivity contribution in [2.45, 2.75) is 97.2 Å². The van der Waals surface area contributed by atoms with Crippen molar-refractivity contribution in [3.63, 3.8) is 0 Å². The molecule has 0 bridgehead atoms. The molecule has 2 nitrogen and oxygen atoms in total.